The van der Waals surface area contributed by atoms with E-state index in [1.54, 1.807) is 30.3 Å². The van der Waals surface area contributed by atoms with E-state index < -0.39 is 33.9 Å². The van der Waals surface area contributed by atoms with E-state index in [0.29, 0.717) is 16.9 Å². The molecule has 10 heteroatoms. The number of ether oxygens (including phenoxy) is 2. The predicted molar refractivity (Wildman–Crippen MR) is 83.3 cm³/mol. The zero-order valence-electron chi connectivity index (χ0n) is 12.9. The lowest BCUT2D eigenvalue weighted by atomic mass is 10.2. The minimum Gasteiger partial charge on any atom is -0.462 e. The summed E-state index contributed by atoms with van der Waals surface area (Å²) in [4.78, 5) is 25.8. The molecule has 0 saturated carbocycles. The average Bonchev–Trinajstić information content (AvgIpc) is 2.98. The van der Waals surface area contributed by atoms with Gasteiger partial charge in [0.05, 0.1) is 6.61 Å². The van der Waals surface area contributed by atoms with E-state index in [1.165, 1.54) is 6.92 Å². The van der Waals surface area contributed by atoms with Crippen molar-refractivity contribution in [2.75, 3.05) is 11.9 Å². The number of amides is 1. The Morgan fingerprint density at radius 1 is 1.20 bits per heavy atom. The number of thiazole rings is 1. The van der Waals surface area contributed by atoms with Gasteiger partial charge in [-0.15, -0.1) is 0 Å². The first-order valence-corrected chi connectivity index (χ1v) is 7.85. The highest BCUT2D eigenvalue weighted by Crippen LogP contribution is 2.36. The summed E-state index contributed by atoms with van der Waals surface area (Å²) in [6.45, 7) is 1.32. The Morgan fingerprint density at radius 3 is 2.48 bits per heavy atom. The fourth-order valence-electron chi connectivity index (χ4n) is 1.75. The molecule has 0 atom stereocenters. The topological polar surface area (TPSA) is 77.5 Å². The molecule has 2 aromatic rings. The summed E-state index contributed by atoms with van der Waals surface area (Å²) < 4.78 is 48.4. The van der Waals surface area contributed by atoms with Crippen LogP contribution in [0.5, 0.6) is 0 Å². The van der Waals surface area contributed by atoms with Crippen LogP contribution < -0.4 is 5.32 Å². The maximum absolute atomic E-state index is 13.0. The molecule has 1 amide bonds. The lowest BCUT2D eigenvalue weighted by Crippen LogP contribution is -2.15. The van der Waals surface area contributed by atoms with Crippen molar-refractivity contribution < 1.29 is 32.2 Å². The van der Waals surface area contributed by atoms with Gasteiger partial charge in [0.15, 0.2) is 10.8 Å². The number of rotatable bonds is 5. The number of nitrogens with one attached hydrogen (secondary N) is 1. The zero-order valence-corrected chi connectivity index (χ0v) is 13.7. The van der Waals surface area contributed by atoms with Crippen LogP contribution in [0.3, 0.4) is 0 Å². The van der Waals surface area contributed by atoms with Crippen LogP contribution >= 0.6 is 11.3 Å². The number of halogens is 3. The molecule has 25 heavy (non-hydrogen) atoms. The van der Waals surface area contributed by atoms with E-state index >= 15 is 0 Å². The molecule has 0 unspecified atom stereocenters. The van der Waals surface area contributed by atoms with E-state index in [-0.39, 0.29) is 13.2 Å². The minimum atomic E-state index is -4.85. The molecule has 0 spiro atoms. The summed E-state index contributed by atoms with van der Waals surface area (Å²) >= 11 is 0.367. The summed E-state index contributed by atoms with van der Waals surface area (Å²) in [6.07, 6.45) is -5.84. The van der Waals surface area contributed by atoms with Crippen LogP contribution in [0.25, 0.3) is 0 Å². The van der Waals surface area contributed by atoms with Gasteiger partial charge in [0.1, 0.15) is 11.5 Å². The van der Waals surface area contributed by atoms with Gasteiger partial charge in [-0.1, -0.05) is 41.7 Å². The second kappa shape index (κ2) is 7.97. The van der Waals surface area contributed by atoms with Crippen molar-refractivity contribution in [3.05, 3.63) is 46.5 Å². The summed E-state index contributed by atoms with van der Waals surface area (Å²) in [5.74, 6) is -1.15. The van der Waals surface area contributed by atoms with Crippen molar-refractivity contribution in [2.24, 2.45) is 0 Å². The Labute approximate surface area is 144 Å². The first kappa shape index (κ1) is 18.7. The maximum Gasteiger partial charge on any atom is 0.435 e. The molecule has 0 aliphatic heterocycles. The summed E-state index contributed by atoms with van der Waals surface area (Å²) in [5, 5.41) is 1.67. The van der Waals surface area contributed by atoms with Gasteiger partial charge in [0.25, 0.3) is 0 Å². The second-order valence-electron chi connectivity index (χ2n) is 4.60. The minimum absolute atomic E-state index is 0.0606. The van der Waals surface area contributed by atoms with Gasteiger partial charge in [0.2, 0.25) is 0 Å². The van der Waals surface area contributed by atoms with Crippen LogP contribution in [0, 0.1) is 0 Å². The number of carbonyl (C=O) groups is 2. The zero-order chi connectivity index (χ0) is 18.4. The molecule has 1 aromatic heterocycles. The van der Waals surface area contributed by atoms with E-state index in [2.05, 4.69) is 15.0 Å². The van der Waals surface area contributed by atoms with Crippen molar-refractivity contribution in [2.45, 2.75) is 19.7 Å². The smallest absolute Gasteiger partial charge is 0.435 e. The SMILES string of the molecule is CCOC(=O)c1sc(NC(=O)OCc2ccccc2)nc1C(F)(F)F. The highest BCUT2D eigenvalue weighted by Gasteiger charge is 2.40. The molecule has 0 fully saturated rings. The Hall–Kier alpha value is -2.62. The number of carbonyl (C=O) groups excluding carboxylic acids is 2. The Kier molecular flexibility index (Phi) is 5.97. The quantitative estimate of drug-likeness (QED) is 0.798. The molecule has 6 nitrogen and oxygen atoms in total. The molecule has 0 radical (unpaired) electrons. The molecule has 0 saturated heterocycles. The Balaban J connectivity index is 2.08. The molecule has 0 aliphatic carbocycles. The van der Waals surface area contributed by atoms with Gasteiger partial charge in [-0.25, -0.2) is 14.6 Å². The Morgan fingerprint density at radius 2 is 1.88 bits per heavy atom. The number of alkyl halides is 3. The molecule has 0 bridgehead atoms. The summed E-state index contributed by atoms with van der Waals surface area (Å²) in [5.41, 5.74) is -0.700. The fourth-order valence-corrected chi connectivity index (χ4v) is 2.61. The van der Waals surface area contributed by atoms with E-state index in [0.717, 1.165) is 0 Å². The molecular formula is C15H13F3N2O4S. The van der Waals surface area contributed by atoms with Crippen molar-refractivity contribution in [3.63, 3.8) is 0 Å². The normalized spacial score (nSPS) is 11.0. The number of nitrogens with zero attached hydrogens (tertiary/aromatic N) is 1. The molecular weight excluding hydrogens is 361 g/mol. The predicted octanol–water partition coefficient (Wildman–Crippen LogP) is 4.09. The maximum atomic E-state index is 13.0. The van der Waals surface area contributed by atoms with Crippen LogP contribution in [-0.4, -0.2) is 23.7 Å². The molecule has 2 rings (SSSR count). The largest absolute Gasteiger partial charge is 0.462 e. The van der Waals surface area contributed by atoms with Gasteiger partial charge >= 0.3 is 18.2 Å². The highest BCUT2D eigenvalue weighted by atomic mass is 32.1. The number of benzene rings is 1. The number of esters is 1. The first-order valence-electron chi connectivity index (χ1n) is 7.04. The monoisotopic (exact) mass is 374 g/mol. The third kappa shape index (κ3) is 5.18. The lowest BCUT2D eigenvalue weighted by molar-refractivity contribution is -0.141. The molecule has 0 aliphatic rings. The van der Waals surface area contributed by atoms with Crippen LogP contribution in [0.4, 0.5) is 23.1 Å². The van der Waals surface area contributed by atoms with Gasteiger partial charge in [-0.3, -0.25) is 5.32 Å². The van der Waals surface area contributed by atoms with E-state index in [4.69, 9.17) is 4.74 Å². The number of hydrogen-bond acceptors (Lipinski definition) is 6. The van der Waals surface area contributed by atoms with E-state index in [1.807, 2.05) is 0 Å². The van der Waals surface area contributed by atoms with Crippen LogP contribution in [0.15, 0.2) is 30.3 Å². The van der Waals surface area contributed by atoms with Crippen molar-refractivity contribution >= 4 is 28.5 Å². The van der Waals surface area contributed by atoms with Crippen LogP contribution in [-0.2, 0) is 22.3 Å². The molecule has 1 aromatic carbocycles. The average molecular weight is 374 g/mol. The van der Waals surface area contributed by atoms with Crippen LogP contribution in [0.2, 0.25) is 0 Å². The third-order valence-corrected chi connectivity index (χ3v) is 3.73. The van der Waals surface area contributed by atoms with Crippen molar-refractivity contribution in [1.29, 1.82) is 0 Å². The number of anilines is 1. The van der Waals surface area contributed by atoms with Gasteiger partial charge < -0.3 is 9.47 Å². The van der Waals surface area contributed by atoms with E-state index in [9.17, 15) is 22.8 Å². The van der Waals surface area contributed by atoms with Gasteiger partial charge in [-0.05, 0) is 12.5 Å². The Bertz CT molecular complexity index is 747. The first-order chi connectivity index (χ1) is 11.8. The lowest BCUT2D eigenvalue weighted by Gasteiger charge is -2.05. The molecule has 1 N–H and O–H groups in total. The highest BCUT2D eigenvalue weighted by molar-refractivity contribution is 7.17. The molecule has 134 valence electrons. The van der Waals surface area contributed by atoms with Gasteiger partial charge in [0, 0.05) is 0 Å². The fraction of sp³-hybridized carbons (Fsp3) is 0.267. The van der Waals surface area contributed by atoms with Crippen molar-refractivity contribution in [3.8, 4) is 0 Å². The summed E-state index contributed by atoms with van der Waals surface area (Å²) in [6, 6.07) is 8.72. The van der Waals surface area contributed by atoms with Crippen molar-refractivity contribution in [1.82, 2.24) is 4.98 Å². The standard InChI is InChI=1S/C15H13F3N2O4S/c1-2-23-12(21)10-11(15(16,17)18)19-13(25-10)20-14(22)24-8-9-6-4-3-5-7-9/h3-7H,2,8H2,1H3,(H,19,20,22). The number of hydrogen-bond donors (Lipinski definition) is 1. The third-order valence-electron chi connectivity index (χ3n) is 2.78. The van der Waals surface area contributed by atoms with Gasteiger partial charge in [-0.2, -0.15) is 13.2 Å². The molecule has 1 heterocycles. The van der Waals surface area contributed by atoms with Crippen LogP contribution in [0.1, 0.15) is 27.9 Å². The number of aromatic nitrogens is 1. The second-order valence-corrected chi connectivity index (χ2v) is 5.60. The summed E-state index contributed by atoms with van der Waals surface area (Å²) in [7, 11) is 0.